The van der Waals surface area contributed by atoms with Gasteiger partial charge >= 0.3 is 0 Å². The first-order valence-electron chi connectivity index (χ1n) is 4.05. The van der Waals surface area contributed by atoms with E-state index in [4.69, 9.17) is 0 Å². The van der Waals surface area contributed by atoms with Crippen molar-refractivity contribution in [1.29, 1.82) is 0 Å². The van der Waals surface area contributed by atoms with Gasteiger partial charge in [-0.15, -0.1) is 0 Å². The fraction of sp³-hybridized carbons (Fsp3) is 1.00. The Morgan fingerprint density at radius 3 is 2.50 bits per heavy atom. The maximum atomic E-state index is 2.41. The van der Waals surface area contributed by atoms with Crippen molar-refractivity contribution in [3.8, 4) is 0 Å². The summed E-state index contributed by atoms with van der Waals surface area (Å²) in [7, 11) is 6.54. The highest BCUT2D eigenvalue weighted by molar-refractivity contribution is 4.75. The van der Waals surface area contributed by atoms with Crippen LogP contribution in [0, 0.1) is 0 Å². The summed E-state index contributed by atoms with van der Waals surface area (Å²) in [5.74, 6) is 0. The molecule has 1 rings (SSSR count). The summed E-state index contributed by atoms with van der Waals surface area (Å²) in [6.07, 6.45) is 2.73. The Morgan fingerprint density at radius 2 is 2.10 bits per heavy atom. The number of hydrogen-bond acceptors (Lipinski definition) is 2. The van der Waals surface area contributed by atoms with Gasteiger partial charge in [-0.1, -0.05) is 0 Å². The van der Waals surface area contributed by atoms with Crippen molar-refractivity contribution in [3.05, 3.63) is 0 Å². The van der Waals surface area contributed by atoms with Gasteiger partial charge in [-0.25, -0.2) is 0 Å². The van der Waals surface area contributed by atoms with Crippen LogP contribution in [0.15, 0.2) is 0 Å². The minimum Gasteiger partial charge on any atom is -0.305 e. The van der Waals surface area contributed by atoms with Crippen LogP contribution in [-0.4, -0.2) is 50.1 Å². The highest BCUT2D eigenvalue weighted by atomic mass is 15.2. The second-order valence-corrected chi connectivity index (χ2v) is 3.52. The van der Waals surface area contributed by atoms with Crippen molar-refractivity contribution >= 4 is 0 Å². The maximum Gasteiger partial charge on any atom is 0.0217 e. The van der Waals surface area contributed by atoms with Crippen LogP contribution < -0.4 is 0 Å². The molecular weight excluding hydrogens is 124 g/mol. The predicted octanol–water partition coefficient (Wildman–Crippen LogP) is 0.642. The van der Waals surface area contributed by atoms with Crippen molar-refractivity contribution in [3.63, 3.8) is 0 Å². The molecule has 10 heavy (non-hydrogen) atoms. The fourth-order valence-electron chi connectivity index (χ4n) is 1.56. The number of rotatable bonds is 1. The van der Waals surface area contributed by atoms with Crippen LogP contribution in [-0.2, 0) is 0 Å². The molecule has 0 spiro atoms. The Labute approximate surface area is 63.8 Å². The zero-order valence-corrected chi connectivity index (χ0v) is 7.30. The molecule has 1 fully saturated rings. The number of likely N-dealkylation sites (tertiary alicyclic amines) is 1. The lowest BCUT2D eigenvalue weighted by Gasteiger charge is -2.33. The summed E-state index contributed by atoms with van der Waals surface area (Å²) in [6.45, 7) is 2.53. The standard InChI is InChI=1S/C8H18N2/c1-9(2)8-5-4-6-10(3)7-8/h8H,4-7H2,1-3H3/t8-/m1/s1. The van der Waals surface area contributed by atoms with E-state index < -0.39 is 0 Å². The van der Waals surface area contributed by atoms with Crippen molar-refractivity contribution in [2.45, 2.75) is 18.9 Å². The molecule has 0 aromatic heterocycles. The average Bonchev–Trinajstić information content (AvgIpc) is 1.88. The van der Waals surface area contributed by atoms with Gasteiger partial charge < -0.3 is 9.80 Å². The normalized spacial score (nSPS) is 29.4. The lowest BCUT2D eigenvalue weighted by atomic mass is 10.1. The zero-order valence-electron chi connectivity index (χ0n) is 7.30. The van der Waals surface area contributed by atoms with Crippen LogP contribution in [0.1, 0.15) is 12.8 Å². The van der Waals surface area contributed by atoms with Gasteiger partial charge in [-0.2, -0.15) is 0 Å². The molecule has 0 aromatic rings. The molecule has 1 heterocycles. The Balaban J connectivity index is 2.32. The summed E-state index contributed by atoms with van der Waals surface area (Å²) in [4.78, 5) is 4.74. The van der Waals surface area contributed by atoms with E-state index in [1.165, 1.54) is 25.9 Å². The minimum atomic E-state index is 0.791. The van der Waals surface area contributed by atoms with Crippen molar-refractivity contribution in [2.75, 3.05) is 34.2 Å². The summed E-state index contributed by atoms with van der Waals surface area (Å²) < 4.78 is 0. The third-order valence-electron chi connectivity index (χ3n) is 2.33. The van der Waals surface area contributed by atoms with Gasteiger partial charge in [0, 0.05) is 12.6 Å². The Bertz CT molecular complexity index is 101. The van der Waals surface area contributed by atoms with E-state index in [2.05, 4.69) is 30.9 Å². The molecule has 60 valence electrons. The Hall–Kier alpha value is -0.0800. The molecule has 1 atom stereocenters. The lowest BCUT2D eigenvalue weighted by molar-refractivity contribution is 0.155. The van der Waals surface area contributed by atoms with E-state index in [9.17, 15) is 0 Å². The molecule has 0 aliphatic carbocycles. The molecule has 0 amide bonds. The minimum absolute atomic E-state index is 0.791. The molecule has 0 bridgehead atoms. The molecule has 2 nitrogen and oxygen atoms in total. The monoisotopic (exact) mass is 142 g/mol. The lowest BCUT2D eigenvalue weighted by Crippen LogP contribution is -2.43. The van der Waals surface area contributed by atoms with E-state index in [0.29, 0.717) is 0 Å². The van der Waals surface area contributed by atoms with Gasteiger partial charge in [0.1, 0.15) is 0 Å². The van der Waals surface area contributed by atoms with E-state index in [-0.39, 0.29) is 0 Å². The smallest absolute Gasteiger partial charge is 0.0217 e. The summed E-state index contributed by atoms with van der Waals surface area (Å²) >= 11 is 0. The molecule has 0 radical (unpaired) electrons. The zero-order chi connectivity index (χ0) is 7.56. The molecule has 2 heteroatoms. The topological polar surface area (TPSA) is 6.48 Å². The maximum absolute atomic E-state index is 2.41. The van der Waals surface area contributed by atoms with Crippen molar-refractivity contribution in [1.82, 2.24) is 9.80 Å². The third-order valence-corrected chi connectivity index (χ3v) is 2.33. The van der Waals surface area contributed by atoms with Gasteiger partial charge in [-0.3, -0.25) is 0 Å². The van der Waals surface area contributed by atoms with Crippen molar-refractivity contribution < 1.29 is 0 Å². The number of nitrogens with zero attached hydrogens (tertiary/aromatic N) is 2. The predicted molar refractivity (Wildman–Crippen MR) is 44.2 cm³/mol. The second-order valence-electron chi connectivity index (χ2n) is 3.52. The van der Waals surface area contributed by atoms with Crippen LogP contribution in [0.3, 0.4) is 0 Å². The van der Waals surface area contributed by atoms with Gasteiger partial charge in [0.25, 0.3) is 0 Å². The molecule has 1 aliphatic rings. The first-order valence-corrected chi connectivity index (χ1v) is 4.05. The summed E-state index contributed by atoms with van der Waals surface area (Å²) in [6, 6.07) is 0.791. The van der Waals surface area contributed by atoms with Gasteiger partial charge in [-0.05, 0) is 40.5 Å². The molecular formula is C8H18N2. The summed E-state index contributed by atoms with van der Waals surface area (Å²) in [5, 5.41) is 0. The molecule has 0 aromatic carbocycles. The summed E-state index contributed by atoms with van der Waals surface area (Å²) in [5.41, 5.74) is 0. The quantitative estimate of drug-likeness (QED) is 0.530. The van der Waals surface area contributed by atoms with E-state index in [1.807, 2.05) is 0 Å². The van der Waals surface area contributed by atoms with Crippen LogP contribution in [0.4, 0.5) is 0 Å². The highest BCUT2D eigenvalue weighted by Crippen LogP contribution is 2.11. The molecule has 0 N–H and O–H groups in total. The largest absolute Gasteiger partial charge is 0.305 e. The van der Waals surface area contributed by atoms with Gasteiger partial charge in [0.2, 0.25) is 0 Å². The Morgan fingerprint density at radius 1 is 1.40 bits per heavy atom. The number of piperidine rings is 1. The molecule has 1 aliphatic heterocycles. The van der Waals surface area contributed by atoms with E-state index in [1.54, 1.807) is 0 Å². The van der Waals surface area contributed by atoms with E-state index >= 15 is 0 Å². The first kappa shape index (κ1) is 8.02. The SMILES string of the molecule is CN1CCC[C@@H](N(C)C)C1. The average molecular weight is 142 g/mol. The van der Waals surface area contributed by atoms with Crippen LogP contribution in [0.5, 0.6) is 0 Å². The molecule has 0 saturated carbocycles. The molecule has 1 saturated heterocycles. The van der Waals surface area contributed by atoms with Crippen LogP contribution in [0.2, 0.25) is 0 Å². The first-order chi connectivity index (χ1) is 4.70. The van der Waals surface area contributed by atoms with Gasteiger partial charge in [0.15, 0.2) is 0 Å². The Kier molecular flexibility index (Phi) is 2.69. The highest BCUT2D eigenvalue weighted by Gasteiger charge is 2.17. The number of hydrogen-bond donors (Lipinski definition) is 0. The van der Waals surface area contributed by atoms with Crippen molar-refractivity contribution in [2.24, 2.45) is 0 Å². The van der Waals surface area contributed by atoms with E-state index in [0.717, 1.165) is 6.04 Å². The molecule has 0 unspecified atom stereocenters. The van der Waals surface area contributed by atoms with Gasteiger partial charge in [0.05, 0.1) is 0 Å². The second kappa shape index (κ2) is 3.35. The fourth-order valence-corrected chi connectivity index (χ4v) is 1.56. The third kappa shape index (κ3) is 1.96. The van der Waals surface area contributed by atoms with Crippen LogP contribution >= 0.6 is 0 Å². The number of likely N-dealkylation sites (N-methyl/N-ethyl adjacent to an activating group) is 2. The van der Waals surface area contributed by atoms with Crippen LogP contribution in [0.25, 0.3) is 0 Å².